The normalized spacial score (nSPS) is 16.0. The Balaban J connectivity index is 1.80. The topological polar surface area (TPSA) is 87.6 Å². The Hall–Kier alpha value is -3.32. The van der Waals surface area contributed by atoms with E-state index >= 15 is 0 Å². The summed E-state index contributed by atoms with van der Waals surface area (Å²) >= 11 is 6.47. The van der Waals surface area contributed by atoms with Gasteiger partial charge in [0.2, 0.25) is 5.91 Å². The van der Waals surface area contributed by atoms with Crippen molar-refractivity contribution in [2.75, 3.05) is 0 Å². The minimum absolute atomic E-state index is 0.0169. The lowest BCUT2D eigenvalue weighted by Gasteiger charge is -2.23. The summed E-state index contributed by atoms with van der Waals surface area (Å²) in [4.78, 5) is 16.1. The summed E-state index contributed by atoms with van der Waals surface area (Å²) in [6, 6.07) is 7.69. The highest BCUT2D eigenvalue weighted by molar-refractivity contribution is 6.33. The van der Waals surface area contributed by atoms with Crippen molar-refractivity contribution >= 4 is 23.2 Å². The molecule has 1 unspecified atom stereocenters. The van der Waals surface area contributed by atoms with E-state index in [-0.39, 0.29) is 12.1 Å². The number of nitrogens with zero attached hydrogens (tertiary/aromatic N) is 3. The second-order valence-corrected chi connectivity index (χ2v) is 7.15. The number of carbonyl (C=O) groups excluding carboxylic acids is 1. The number of rotatable bonds is 5. The van der Waals surface area contributed by atoms with E-state index in [1.54, 1.807) is 6.33 Å². The third-order valence-electron chi connectivity index (χ3n) is 4.77. The molecule has 0 fully saturated rings. The van der Waals surface area contributed by atoms with Gasteiger partial charge in [-0.25, -0.2) is 4.98 Å². The largest absolute Gasteiger partial charge is 0.368 e. The van der Waals surface area contributed by atoms with Crippen LogP contribution in [0.2, 0.25) is 5.02 Å². The first-order valence-corrected chi connectivity index (χ1v) is 9.72. The van der Waals surface area contributed by atoms with Crippen LogP contribution in [0.1, 0.15) is 20.3 Å². The standard InChI is InChI=1S/C21H21ClN6O/c1-3-20(29)26-19-8-18(13(2)9-23-19)28-10-15(14-6-4-5-7-17(14)22)16(11-28)21-24-12-25-27-21/h4-12,19,23H,3H2,1-2H3,(H,26,29)(H,24,25,27). The van der Waals surface area contributed by atoms with Crippen LogP contribution in [0, 0.1) is 0 Å². The predicted molar refractivity (Wildman–Crippen MR) is 114 cm³/mol. The number of amides is 1. The Bertz CT molecular complexity index is 1100. The maximum atomic E-state index is 11.8. The molecule has 1 aromatic carbocycles. The van der Waals surface area contributed by atoms with Crippen LogP contribution >= 0.6 is 11.6 Å². The van der Waals surface area contributed by atoms with Crippen LogP contribution in [-0.4, -0.2) is 31.8 Å². The lowest BCUT2D eigenvalue weighted by atomic mass is 10.0. The summed E-state index contributed by atoms with van der Waals surface area (Å²) in [7, 11) is 0. The summed E-state index contributed by atoms with van der Waals surface area (Å²) < 4.78 is 2.02. The lowest BCUT2D eigenvalue weighted by molar-refractivity contribution is -0.121. The average Bonchev–Trinajstić information content (AvgIpc) is 3.39. The van der Waals surface area contributed by atoms with Gasteiger partial charge in [0, 0.05) is 52.4 Å². The highest BCUT2D eigenvalue weighted by atomic mass is 35.5. The van der Waals surface area contributed by atoms with Gasteiger partial charge in [-0.15, -0.1) is 0 Å². The molecule has 3 N–H and O–H groups in total. The lowest BCUT2D eigenvalue weighted by Crippen LogP contribution is -2.43. The Kier molecular flexibility index (Phi) is 5.22. The van der Waals surface area contributed by atoms with Gasteiger partial charge in [0.25, 0.3) is 0 Å². The number of dihydropyridines is 1. The molecule has 0 saturated carbocycles. The van der Waals surface area contributed by atoms with E-state index in [4.69, 9.17) is 11.6 Å². The Morgan fingerprint density at radius 3 is 2.76 bits per heavy atom. The molecular weight excluding hydrogens is 388 g/mol. The van der Waals surface area contributed by atoms with Gasteiger partial charge >= 0.3 is 0 Å². The number of halogens is 1. The molecule has 3 heterocycles. The van der Waals surface area contributed by atoms with Gasteiger partial charge in [-0.2, -0.15) is 5.10 Å². The van der Waals surface area contributed by atoms with Crippen molar-refractivity contribution in [3.05, 3.63) is 65.9 Å². The number of aromatic nitrogens is 4. The number of H-pyrrole nitrogens is 1. The molecule has 2 aromatic heterocycles. The molecule has 0 spiro atoms. The van der Waals surface area contributed by atoms with E-state index in [0.717, 1.165) is 28.0 Å². The van der Waals surface area contributed by atoms with Crippen molar-refractivity contribution in [2.45, 2.75) is 26.4 Å². The molecule has 1 aliphatic rings. The molecule has 0 radical (unpaired) electrons. The van der Waals surface area contributed by atoms with Gasteiger partial charge in [-0.3, -0.25) is 9.89 Å². The van der Waals surface area contributed by atoms with Crippen LogP contribution in [-0.2, 0) is 4.79 Å². The van der Waals surface area contributed by atoms with Crippen molar-refractivity contribution in [2.24, 2.45) is 0 Å². The van der Waals surface area contributed by atoms with Gasteiger partial charge in [-0.1, -0.05) is 36.7 Å². The number of aromatic amines is 1. The molecule has 0 saturated heterocycles. The maximum absolute atomic E-state index is 11.8. The first kappa shape index (κ1) is 19.0. The van der Waals surface area contributed by atoms with Crippen molar-refractivity contribution < 1.29 is 4.79 Å². The average molecular weight is 409 g/mol. The smallest absolute Gasteiger partial charge is 0.221 e. The minimum Gasteiger partial charge on any atom is -0.368 e. The van der Waals surface area contributed by atoms with Crippen LogP contribution in [0.3, 0.4) is 0 Å². The quantitative estimate of drug-likeness (QED) is 0.599. The Morgan fingerprint density at radius 2 is 2.03 bits per heavy atom. The molecule has 0 bridgehead atoms. The summed E-state index contributed by atoms with van der Waals surface area (Å²) in [5, 5.41) is 13.8. The highest BCUT2D eigenvalue weighted by Gasteiger charge is 2.20. The third kappa shape index (κ3) is 3.82. The SMILES string of the molecule is CCC(=O)NC1C=C(n2cc(-c3nc[nH]n3)c(-c3ccccc3Cl)c2)C(C)=CN1. The highest BCUT2D eigenvalue weighted by Crippen LogP contribution is 2.37. The van der Waals surface area contributed by atoms with Gasteiger partial charge in [-0.05, 0) is 24.6 Å². The van der Waals surface area contributed by atoms with Crippen LogP contribution in [0.25, 0.3) is 28.2 Å². The van der Waals surface area contributed by atoms with Crippen LogP contribution in [0.5, 0.6) is 0 Å². The van der Waals surface area contributed by atoms with E-state index in [2.05, 4.69) is 25.8 Å². The van der Waals surface area contributed by atoms with Crippen molar-refractivity contribution in [3.8, 4) is 22.5 Å². The Labute approximate surface area is 173 Å². The fraction of sp³-hybridized carbons (Fsp3) is 0.190. The molecule has 1 amide bonds. The summed E-state index contributed by atoms with van der Waals surface area (Å²) in [5.41, 5.74) is 4.69. The van der Waals surface area contributed by atoms with Crippen molar-refractivity contribution in [3.63, 3.8) is 0 Å². The van der Waals surface area contributed by atoms with E-state index in [0.29, 0.717) is 17.3 Å². The van der Waals surface area contributed by atoms with Crippen LogP contribution in [0.15, 0.2) is 60.8 Å². The van der Waals surface area contributed by atoms with Crippen LogP contribution in [0.4, 0.5) is 0 Å². The zero-order valence-corrected chi connectivity index (χ0v) is 16.9. The fourth-order valence-corrected chi connectivity index (χ4v) is 3.52. The molecule has 4 rings (SSSR count). The summed E-state index contributed by atoms with van der Waals surface area (Å²) in [5.74, 6) is 0.572. The summed E-state index contributed by atoms with van der Waals surface area (Å²) in [6.07, 6.45) is 9.58. The number of hydrogen-bond donors (Lipinski definition) is 3. The molecule has 29 heavy (non-hydrogen) atoms. The van der Waals surface area contributed by atoms with E-state index < -0.39 is 0 Å². The number of allylic oxidation sites excluding steroid dienone is 2. The molecule has 0 aliphatic carbocycles. The van der Waals surface area contributed by atoms with Crippen LogP contribution < -0.4 is 10.6 Å². The fourth-order valence-electron chi connectivity index (χ4n) is 3.28. The molecule has 1 atom stereocenters. The van der Waals surface area contributed by atoms with Gasteiger partial charge < -0.3 is 15.2 Å². The van der Waals surface area contributed by atoms with Crippen molar-refractivity contribution in [1.29, 1.82) is 0 Å². The minimum atomic E-state index is -0.278. The second kappa shape index (κ2) is 7.97. The van der Waals surface area contributed by atoms with E-state index in [1.165, 1.54) is 0 Å². The summed E-state index contributed by atoms with van der Waals surface area (Å²) in [6.45, 7) is 3.84. The first-order chi connectivity index (χ1) is 14.1. The molecule has 3 aromatic rings. The monoisotopic (exact) mass is 408 g/mol. The first-order valence-electron chi connectivity index (χ1n) is 9.34. The molecule has 7 nitrogen and oxygen atoms in total. The third-order valence-corrected chi connectivity index (χ3v) is 5.10. The van der Waals surface area contributed by atoms with Crippen molar-refractivity contribution in [1.82, 2.24) is 30.4 Å². The molecule has 8 heteroatoms. The molecule has 148 valence electrons. The van der Waals surface area contributed by atoms with E-state index in [9.17, 15) is 4.79 Å². The van der Waals surface area contributed by atoms with Gasteiger partial charge in [0.05, 0.1) is 0 Å². The zero-order chi connectivity index (χ0) is 20.4. The van der Waals surface area contributed by atoms with Gasteiger partial charge in [0.1, 0.15) is 12.5 Å². The second-order valence-electron chi connectivity index (χ2n) is 6.74. The number of benzene rings is 1. The number of hydrogen-bond acceptors (Lipinski definition) is 4. The maximum Gasteiger partial charge on any atom is 0.221 e. The van der Waals surface area contributed by atoms with Gasteiger partial charge in [0.15, 0.2) is 5.82 Å². The predicted octanol–water partition coefficient (Wildman–Crippen LogP) is 3.79. The number of nitrogens with one attached hydrogen (secondary N) is 3. The van der Waals surface area contributed by atoms with E-state index in [1.807, 2.05) is 67.3 Å². The number of carbonyl (C=O) groups is 1. The molecule has 1 aliphatic heterocycles. The zero-order valence-electron chi connectivity index (χ0n) is 16.1. The molecular formula is C21H21ClN6O. The Morgan fingerprint density at radius 1 is 1.24 bits per heavy atom.